The number of carbonyl (C=O) groups is 2. The van der Waals surface area contributed by atoms with Gasteiger partial charge in [0.2, 0.25) is 15.9 Å². The lowest BCUT2D eigenvalue weighted by molar-refractivity contribution is -0.132. The number of nitrogens with two attached hydrogens (primary N) is 1. The molecule has 1 aliphatic heterocycles. The largest absolute Gasteiger partial charge is 0.351 e. The van der Waals surface area contributed by atoms with E-state index in [1.807, 2.05) is 0 Å². The number of benzene rings is 1. The summed E-state index contributed by atoms with van der Waals surface area (Å²) >= 11 is 0. The Morgan fingerprint density at radius 2 is 1.71 bits per heavy atom. The number of rotatable bonds is 4. The Balaban J connectivity index is 1.98. The number of urea groups is 1. The summed E-state index contributed by atoms with van der Waals surface area (Å²) in [4.78, 5) is 25.6. The Kier molecular flexibility index (Phi) is 5.40. The van der Waals surface area contributed by atoms with Crippen molar-refractivity contribution in [3.63, 3.8) is 0 Å². The van der Waals surface area contributed by atoms with Crippen molar-refractivity contribution < 1.29 is 22.4 Å². The van der Waals surface area contributed by atoms with Crippen LogP contribution in [0.3, 0.4) is 0 Å². The van der Waals surface area contributed by atoms with Crippen LogP contribution >= 0.6 is 0 Å². The van der Waals surface area contributed by atoms with Crippen LogP contribution < -0.4 is 5.73 Å². The fourth-order valence-electron chi connectivity index (χ4n) is 2.31. The maximum absolute atomic E-state index is 12.9. The maximum Gasteiger partial charge on any atom is 0.314 e. The third-order valence-electron chi connectivity index (χ3n) is 3.79. The van der Waals surface area contributed by atoms with Crippen molar-refractivity contribution >= 4 is 22.0 Å². The molecule has 0 aliphatic carbocycles. The topological polar surface area (TPSA) is 104 Å². The fourth-order valence-corrected chi connectivity index (χ4v) is 3.74. The van der Waals surface area contributed by atoms with E-state index in [4.69, 9.17) is 5.73 Å². The van der Waals surface area contributed by atoms with Crippen LogP contribution in [0.2, 0.25) is 0 Å². The molecule has 0 saturated carbocycles. The monoisotopic (exact) mass is 358 g/mol. The molecule has 0 radical (unpaired) electrons. The van der Waals surface area contributed by atoms with E-state index in [1.165, 1.54) is 28.4 Å². The molecular formula is C14H19FN4O4S. The number of sulfonamides is 1. The third-order valence-corrected chi connectivity index (χ3v) is 5.70. The number of likely N-dealkylation sites (N-methyl/N-ethyl adjacent to an activating group) is 1. The first-order chi connectivity index (χ1) is 11.2. The molecule has 132 valence electrons. The van der Waals surface area contributed by atoms with E-state index < -0.39 is 21.9 Å². The zero-order valence-corrected chi connectivity index (χ0v) is 14.0. The van der Waals surface area contributed by atoms with Gasteiger partial charge in [0.15, 0.2) is 0 Å². The van der Waals surface area contributed by atoms with Gasteiger partial charge in [-0.1, -0.05) is 0 Å². The van der Waals surface area contributed by atoms with Gasteiger partial charge in [0.05, 0.1) is 4.90 Å². The minimum atomic E-state index is -3.72. The molecule has 0 unspecified atom stereocenters. The fraction of sp³-hybridized carbons (Fsp3) is 0.429. The summed E-state index contributed by atoms with van der Waals surface area (Å²) in [7, 11) is -2.31. The molecule has 0 bridgehead atoms. The third kappa shape index (κ3) is 4.01. The highest BCUT2D eigenvalue weighted by atomic mass is 32.2. The normalized spacial score (nSPS) is 16.0. The Bertz CT molecular complexity index is 715. The summed E-state index contributed by atoms with van der Waals surface area (Å²) in [6.45, 7) is 0.537. The second-order valence-electron chi connectivity index (χ2n) is 5.43. The molecule has 24 heavy (non-hydrogen) atoms. The molecule has 0 aromatic heterocycles. The standard InChI is InChI=1S/C14H19FN4O4S/c1-17(14(16)21)10-13(20)18-6-8-19(9-7-18)24(22,23)12-4-2-11(15)3-5-12/h2-5H,6-10H2,1H3,(H2,16,21). The van der Waals surface area contributed by atoms with Crippen LogP contribution in [0, 0.1) is 5.82 Å². The molecule has 0 spiro atoms. The summed E-state index contributed by atoms with van der Waals surface area (Å²) in [6.07, 6.45) is 0. The molecule has 1 fully saturated rings. The highest BCUT2D eigenvalue weighted by Crippen LogP contribution is 2.18. The zero-order valence-electron chi connectivity index (χ0n) is 13.2. The molecule has 10 heteroatoms. The number of piperazine rings is 1. The number of halogens is 1. The summed E-state index contributed by atoms with van der Waals surface area (Å²) in [6, 6.07) is 3.90. The van der Waals surface area contributed by atoms with E-state index in [-0.39, 0.29) is 43.5 Å². The van der Waals surface area contributed by atoms with Crippen molar-refractivity contribution in [2.24, 2.45) is 5.73 Å². The minimum Gasteiger partial charge on any atom is -0.351 e. The summed E-state index contributed by atoms with van der Waals surface area (Å²) in [5.41, 5.74) is 5.07. The molecule has 1 aliphatic rings. The van der Waals surface area contributed by atoms with Crippen molar-refractivity contribution in [3.05, 3.63) is 30.1 Å². The first-order valence-electron chi connectivity index (χ1n) is 7.26. The van der Waals surface area contributed by atoms with Gasteiger partial charge < -0.3 is 15.5 Å². The van der Waals surface area contributed by atoms with E-state index >= 15 is 0 Å². The average molecular weight is 358 g/mol. The van der Waals surface area contributed by atoms with Gasteiger partial charge in [-0.05, 0) is 24.3 Å². The molecule has 0 atom stereocenters. The molecule has 1 saturated heterocycles. The van der Waals surface area contributed by atoms with Gasteiger partial charge in [-0.3, -0.25) is 4.79 Å². The van der Waals surface area contributed by atoms with Crippen molar-refractivity contribution in [2.45, 2.75) is 4.90 Å². The minimum absolute atomic E-state index is 0.0112. The van der Waals surface area contributed by atoms with E-state index in [1.54, 1.807) is 0 Å². The predicted octanol–water partition coefficient (Wildman–Crippen LogP) is -0.331. The van der Waals surface area contributed by atoms with Crippen LogP contribution in [0.4, 0.5) is 9.18 Å². The van der Waals surface area contributed by atoms with E-state index in [2.05, 4.69) is 0 Å². The first-order valence-corrected chi connectivity index (χ1v) is 8.70. The van der Waals surface area contributed by atoms with Crippen LogP contribution in [0.5, 0.6) is 0 Å². The van der Waals surface area contributed by atoms with Gasteiger partial charge >= 0.3 is 6.03 Å². The molecule has 2 N–H and O–H groups in total. The zero-order chi connectivity index (χ0) is 17.9. The van der Waals surface area contributed by atoms with Gasteiger partial charge in [0, 0.05) is 33.2 Å². The van der Waals surface area contributed by atoms with Gasteiger partial charge in [-0.25, -0.2) is 17.6 Å². The summed E-state index contributed by atoms with van der Waals surface area (Å²) < 4.78 is 39.1. The summed E-state index contributed by atoms with van der Waals surface area (Å²) in [5, 5.41) is 0. The Morgan fingerprint density at radius 1 is 1.17 bits per heavy atom. The SMILES string of the molecule is CN(CC(=O)N1CCN(S(=O)(=O)c2ccc(F)cc2)CC1)C(N)=O. The van der Waals surface area contributed by atoms with E-state index in [9.17, 15) is 22.4 Å². The van der Waals surface area contributed by atoms with Crippen molar-refractivity contribution in [1.29, 1.82) is 0 Å². The number of hydrogen-bond donors (Lipinski definition) is 1. The van der Waals surface area contributed by atoms with Crippen molar-refractivity contribution in [2.75, 3.05) is 39.8 Å². The number of amides is 3. The lowest BCUT2D eigenvalue weighted by Gasteiger charge is -2.34. The molecule has 8 nitrogen and oxygen atoms in total. The summed E-state index contributed by atoms with van der Waals surface area (Å²) in [5.74, 6) is -0.807. The quantitative estimate of drug-likeness (QED) is 0.796. The van der Waals surface area contributed by atoms with Gasteiger partial charge in [-0.15, -0.1) is 0 Å². The highest BCUT2D eigenvalue weighted by Gasteiger charge is 2.30. The van der Waals surface area contributed by atoms with Gasteiger partial charge in [0.1, 0.15) is 12.4 Å². The average Bonchev–Trinajstić information content (AvgIpc) is 2.55. The van der Waals surface area contributed by atoms with Crippen LogP contribution in [0.1, 0.15) is 0 Å². The van der Waals surface area contributed by atoms with Gasteiger partial charge in [-0.2, -0.15) is 4.31 Å². The lowest BCUT2D eigenvalue weighted by atomic mass is 10.3. The number of nitrogens with zero attached hydrogens (tertiary/aromatic N) is 3. The van der Waals surface area contributed by atoms with Crippen LogP contribution in [0.15, 0.2) is 29.2 Å². The van der Waals surface area contributed by atoms with Crippen molar-refractivity contribution in [3.8, 4) is 0 Å². The second-order valence-corrected chi connectivity index (χ2v) is 7.37. The lowest BCUT2D eigenvalue weighted by Crippen LogP contribution is -2.53. The number of hydrogen-bond acceptors (Lipinski definition) is 4. The first kappa shape index (κ1) is 18.1. The van der Waals surface area contributed by atoms with Crippen LogP contribution in [-0.4, -0.2) is 74.2 Å². The highest BCUT2D eigenvalue weighted by molar-refractivity contribution is 7.89. The predicted molar refractivity (Wildman–Crippen MR) is 84.0 cm³/mol. The van der Waals surface area contributed by atoms with Crippen molar-refractivity contribution in [1.82, 2.24) is 14.1 Å². The number of primary amides is 1. The molecule has 1 aromatic rings. The molecule has 2 rings (SSSR count). The molecule has 1 heterocycles. The van der Waals surface area contributed by atoms with Crippen LogP contribution in [-0.2, 0) is 14.8 Å². The maximum atomic E-state index is 12.9. The molecular weight excluding hydrogens is 339 g/mol. The Morgan fingerprint density at radius 3 is 2.21 bits per heavy atom. The van der Waals surface area contributed by atoms with Crippen LogP contribution in [0.25, 0.3) is 0 Å². The second kappa shape index (κ2) is 7.14. The Labute approximate surface area is 139 Å². The smallest absolute Gasteiger partial charge is 0.314 e. The van der Waals surface area contributed by atoms with E-state index in [0.29, 0.717) is 0 Å². The molecule has 1 aromatic carbocycles. The Hall–Kier alpha value is -2.20. The van der Waals surface area contributed by atoms with Gasteiger partial charge in [0.25, 0.3) is 0 Å². The number of carbonyl (C=O) groups excluding carboxylic acids is 2. The van der Waals surface area contributed by atoms with E-state index in [0.717, 1.165) is 17.0 Å². The molecule has 3 amide bonds.